The van der Waals surface area contributed by atoms with E-state index >= 15 is 0 Å². The van der Waals surface area contributed by atoms with Crippen LogP contribution in [0.3, 0.4) is 0 Å². The lowest BCUT2D eigenvalue weighted by Gasteiger charge is -2.08. The maximum atomic E-state index is 12.1. The smallest absolute Gasteiger partial charge is 0.337 e. The zero-order valence-electron chi connectivity index (χ0n) is 9.62. The van der Waals surface area contributed by atoms with Crippen LogP contribution in [0.1, 0.15) is 20.0 Å². The predicted molar refractivity (Wildman–Crippen MR) is 88.8 cm³/mol. The van der Waals surface area contributed by atoms with Gasteiger partial charge < -0.3 is 10.4 Å². The summed E-state index contributed by atoms with van der Waals surface area (Å²) in [6.45, 7) is 0. The number of carboxylic acids is 1. The SMILES string of the molecule is O=C(Nc1cc(Br)ccc1C(=O)O)c1cc(Br)c(Br)s1. The third kappa shape index (κ3) is 3.49. The van der Waals surface area contributed by atoms with Crippen LogP contribution in [0.25, 0.3) is 0 Å². The van der Waals surface area contributed by atoms with Crippen molar-refractivity contribution in [1.82, 2.24) is 0 Å². The number of hydrogen-bond acceptors (Lipinski definition) is 3. The second kappa shape index (κ2) is 6.38. The Morgan fingerprint density at radius 2 is 1.85 bits per heavy atom. The first-order valence-electron chi connectivity index (χ1n) is 5.17. The number of anilines is 1. The molecule has 1 amide bonds. The molecule has 4 nitrogen and oxygen atoms in total. The lowest BCUT2D eigenvalue weighted by atomic mass is 10.2. The quantitative estimate of drug-likeness (QED) is 0.646. The van der Waals surface area contributed by atoms with E-state index in [1.165, 1.54) is 17.4 Å². The lowest BCUT2D eigenvalue weighted by molar-refractivity contribution is 0.0698. The second-order valence-electron chi connectivity index (χ2n) is 3.68. The number of rotatable bonds is 3. The highest BCUT2D eigenvalue weighted by Crippen LogP contribution is 2.33. The molecule has 2 aromatic rings. The molecule has 20 heavy (non-hydrogen) atoms. The fourth-order valence-electron chi connectivity index (χ4n) is 1.45. The first kappa shape index (κ1) is 15.7. The zero-order chi connectivity index (χ0) is 14.9. The van der Waals surface area contributed by atoms with Gasteiger partial charge >= 0.3 is 5.97 Å². The van der Waals surface area contributed by atoms with E-state index in [0.717, 1.165) is 8.26 Å². The van der Waals surface area contributed by atoms with Gasteiger partial charge in [0.1, 0.15) is 0 Å². The molecule has 0 saturated carbocycles. The Labute approximate surface area is 143 Å². The summed E-state index contributed by atoms with van der Waals surface area (Å²) in [6.07, 6.45) is 0. The summed E-state index contributed by atoms with van der Waals surface area (Å²) in [5.74, 6) is -1.46. The van der Waals surface area contributed by atoms with Crippen LogP contribution in [0.5, 0.6) is 0 Å². The van der Waals surface area contributed by atoms with Gasteiger partial charge in [0.25, 0.3) is 5.91 Å². The fourth-order valence-corrected chi connectivity index (χ4v) is 3.74. The minimum Gasteiger partial charge on any atom is -0.478 e. The van der Waals surface area contributed by atoms with Gasteiger partial charge in [-0.1, -0.05) is 15.9 Å². The number of aromatic carboxylic acids is 1. The number of nitrogens with one attached hydrogen (secondary N) is 1. The Balaban J connectivity index is 2.32. The van der Waals surface area contributed by atoms with Crippen molar-refractivity contribution in [3.05, 3.63) is 47.4 Å². The third-order valence-electron chi connectivity index (χ3n) is 2.33. The molecule has 0 radical (unpaired) electrons. The molecule has 0 bridgehead atoms. The molecule has 2 rings (SSSR count). The van der Waals surface area contributed by atoms with Crippen LogP contribution in [-0.2, 0) is 0 Å². The summed E-state index contributed by atoms with van der Waals surface area (Å²) in [5.41, 5.74) is 0.286. The van der Waals surface area contributed by atoms with Crippen molar-refractivity contribution in [3.63, 3.8) is 0 Å². The van der Waals surface area contributed by atoms with Gasteiger partial charge in [0.05, 0.1) is 19.9 Å². The molecule has 0 aliphatic rings. The number of carbonyl (C=O) groups excluding carboxylic acids is 1. The van der Waals surface area contributed by atoms with Crippen LogP contribution in [0, 0.1) is 0 Å². The number of halogens is 3. The molecule has 0 saturated heterocycles. The number of thiophene rings is 1. The van der Waals surface area contributed by atoms with E-state index in [2.05, 4.69) is 53.1 Å². The number of benzene rings is 1. The van der Waals surface area contributed by atoms with Crippen molar-refractivity contribution in [3.8, 4) is 0 Å². The number of hydrogen-bond donors (Lipinski definition) is 2. The van der Waals surface area contributed by atoms with E-state index in [4.69, 9.17) is 5.11 Å². The molecule has 0 aliphatic heterocycles. The summed E-state index contributed by atoms with van der Waals surface area (Å²) in [5, 5.41) is 11.7. The minimum atomic E-state index is -1.10. The first-order chi connectivity index (χ1) is 9.38. The Morgan fingerprint density at radius 1 is 1.15 bits per heavy atom. The monoisotopic (exact) mass is 481 g/mol. The van der Waals surface area contributed by atoms with Gasteiger partial charge in [0, 0.05) is 8.95 Å². The number of amides is 1. The lowest BCUT2D eigenvalue weighted by Crippen LogP contribution is -2.13. The highest BCUT2D eigenvalue weighted by Gasteiger charge is 2.16. The zero-order valence-corrected chi connectivity index (χ0v) is 15.2. The van der Waals surface area contributed by atoms with Crippen LogP contribution < -0.4 is 5.32 Å². The Hall–Kier alpha value is -0.700. The molecule has 0 atom stereocenters. The maximum Gasteiger partial charge on any atom is 0.337 e. The summed E-state index contributed by atoms with van der Waals surface area (Å²) in [4.78, 5) is 23.7. The molecule has 8 heteroatoms. The molecule has 104 valence electrons. The summed E-state index contributed by atoms with van der Waals surface area (Å²) >= 11 is 11.1. The van der Waals surface area contributed by atoms with E-state index in [9.17, 15) is 9.59 Å². The maximum absolute atomic E-state index is 12.1. The second-order valence-corrected chi connectivity index (χ2v) is 7.82. The van der Waals surface area contributed by atoms with Gasteiger partial charge in [0.2, 0.25) is 0 Å². The average molecular weight is 484 g/mol. The summed E-state index contributed by atoms with van der Waals surface area (Å²) < 4.78 is 2.27. The number of carbonyl (C=O) groups is 2. The molecule has 0 aliphatic carbocycles. The third-order valence-corrected chi connectivity index (χ3v) is 6.08. The average Bonchev–Trinajstić information content (AvgIpc) is 2.69. The summed E-state index contributed by atoms with van der Waals surface area (Å²) in [7, 11) is 0. The summed E-state index contributed by atoms with van der Waals surface area (Å²) in [6, 6.07) is 6.27. The Kier molecular flexibility index (Phi) is 5.00. The van der Waals surface area contributed by atoms with Crippen LogP contribution >= 0.6 is 59.1 Å². The largest absolute Gasteiger partial charge is 0.478 e. The van der Waals surface area contributed by atoms with E-state index in [0.29, 0.717) is 9.35 Å². The molecular weight excluding hydrogens is 478 g/mol. The van der Waals surface area contributed by atoms with Gasteiger partial charge in [-0.3, -0.25) is 4.79 Å². The van der Waals surface area contributed by atoms with Gasteiger partial charge in [-0.25, -0.2) is 4.79 Å². The molecule has 0 spiro atoms. The van der Waals surface area contributed by atoms with Crippen molar-refractivity contribution in [2.75, 3.05) is 5.32 Å². The Morgan fingerprint density at radius 3 is 2.40 bits per heavy atom. The highest BCUT2D eigenvalue weighted by molar-refractivity contribution is 9.13. The topological polar surface area (TPSA) is 66.4 Å². The normalized spacial score (nSPS) is 10.3. The molecule has 1 aromatic heterocycles. The molecule has 1 heterocycles. The van der Waals surface area contributed by atoms with Gasteiger partial charge in [0.15, 0.2) is 0 Å². The van der Waals surface area contributed by atoms with Crippen LogP contribution in [0.2, 0.25) is 0 Å². The van der Waals surface area contributed by atoms with Crippen molar-refractivity contribution in [2.24, 2.45) is 0 Å². The van der Waals surface area contributed by atoms with Crippen LogP contribution in [-0.4, -0.2) is 17.0 Å². The van der Waals surface area contributed by atoms with E-state index in [-0.39, 0.29) is 17.2 Å². The van der Waals surface area contributed by atoms with Crippen molar-refractivity contribution < 1.29 is 14.7 Å². The first-order valence-corrected chi connectivity index (χ1v) is 8.37. The van der Waals surface area contributed by atoms with Gasteiger partial charge in [-0.2, -0.15) is 0 Å². The standard InChI is InChI=1S/C12H6Br3NO3S/c13-5-1-2-6(12(18)19)8(3-5)16-11(17)9-4-7(14)10(15)20-9/h1-4H,(H,16,17)(H,18,19). The van der Waals surface area contributed by atoms with Crippen LogP contribution in [0.4, 0.5) is 5.69 Å². The molecule has 0 fully saturated rings. The predicted octanol–water partition coefficient (Wildman–Crippen LogP) is 4.99. The minimum absolute atomic E-state index is 0.0382. The Bertz CT molecular complexity index is 680. The van der Waals surface area contributed by atoms with Crippen molar-refractivity contribution >= 4 is 76.7 Å². The van der Waals surface area contributed by atoms with E-state index in [1.807, 2.05) is 0 Å². The molecule has 1 aromatic carbocycles. The molecular formula is C12H6Br3NO3S. The van der Waals surface area contributed by atoms with E-state index < -0.39 is 5.97 Å². The number of carboxylic acid groups (broad SMARTS) is 1. The van der Waals surface area contributed by atoms with Gasteiger partial charge in [-0.15, -0.1) is 11.3 Å². The molecule has 0 unspecified atom stereocenters. The van der Waals surface area contributed by atoms with Gasteiger partial charge in [-0.05, 0) is 56.1 Å². The highest BCUT2D eigenvalue weighted by atomic mass is 79.9. The molecule has 2 N–H and O–H groups in total. The van der Waals surface area contributed by atoms with Crippen molar-refractivity contribution in [1.29, 1.82) is 0 Å². The van der Waals surface area contributed by atoms with Crippen molar-refractivity contribution in [2.45, 2.75) is 0 Å². The fraction of sp³-hybridized carbons (Fsp3) is 0. The van der Waals surface area contributed by atoms with Crippen LogP contribution in [0.15, 0.2) is 37.0 Å². The van der Waals surface area contributed by atoms with E-state index in [1.54, 1.807) is 18.2 Å².